The molecule has 18 heavy (non-hydrogen) atoms. The van der Waals surface area contributed by atoms with E-state index in [1.54, 1.807) is 16.8 Å². The van der Waals surface area contributed by atoms with Crippen LogP contribution in [-0.4, -0.2) is 16.3 Å². The zero-order valence-corrected chi connectivity index (χ0v) is 10.2. The summed E-state index contributed by atoms with van der Waals surface area (Å²) in [4.78, 5) is 0. The van der Waals surface area contributed by atoms with Crippen LogP contribution in [0.5, 0.6) is 0 Å². The summed E-state index contributed by atoms with van der Waals surface area (Å²) < 4.78 is 1.78. The summed E-state index contributed by atoms with van der Waals surface area (Å²) in [6.45, 7) is 0.754. The van der Waals surface area contributed by atoms with Crippen molar-refractivity contribution in [3.05, 3.63) is 41.7 Å². The Morgan fingerprint density at radius 2 is 2.33 bits per heavy atom. The third kappa shape index (κ3) is 2.80. The molecule has 0 bridgehead atoms. The monoisotopic (exact) mass is 241 g/mol. The summed E-state index contributed by atoms with van der Waals surface area (Å²) >= 11 is 0. The summed E-state index contributed by atoms with van der Waals surface area (Å²) in [5, 5.41) is 16.3. The quantitative estimate of drug-likeness (QED) is 0.795. The van der Waals surface area contributed by atoms with Gasteiger partial charge in [-0.05, 0) is 30.2 Å². The van der Waals surface area contributed by atoms with Gasteiger partial charge in [0.05, 0.1) is 17.4 Å². The zero-order valence-electron chi connectivity index (χ0n) is 10.2. The van der Waals surface area contributed by atoms with Crippen molar-refractivity contribution in [1.82, 2.24) is 9.78 Å². The number of benzene rings is 1. The van der Waals surface area contributed by atoms with E-state index in [2.05, 4.69) is 16.5 Å². The van der Waals surface area contributed by atoms with Gasteiger partial charge in [-0.15, -0.1) is 0 Å². The maximum atomic E-state index is 9.00. The number of nitriles is 1. The Morgan fingerprint density at radius 1 is 1.50 bits per heavy atom. The molecule has 0 spiro atoms. The summed E-state index contributed by atoms with van der Waals surface area (Å²) in [7, 11) is 1.89. The molecule has 0 fully saturated rings. The minimum Gasteiger partial charge on any atom is -0.399 e. The molecule has 0 aliphatic heterocycles. The van der Waals surface area contributed by atoms with Crippen LogP contribution in [0.1, 0.15) is 11.1 Å². The van der Waals surface area contributed by atoms with Gasteiger partial charge in [-0.1, -0.05) is 0 Å². The lowest BCUT2D eigenvalue weighted by molar-refractivity contribution is 0.767. The smallest absolute Gasteiger partial charge is 0.101 e. The van der Waals surface area contributed by atoms with Gasteiger partial charge in [0, 0.05) is 25.5 Å². The first kappa shape index (κ1) is 12.0. The van der Waals surface area contributed by atoms with E-state index in [1.165, 1.54) is 5.56 Å². The first-order valence-corrected chi connectivity index (χ1v) is 5.70. The van der Waals surface area contributed by atoms with Crippen LogP contribution in [0.2, 0.25) is 0 Å². The van der Waals surface area contributed by atoms with Gasteiger partial charge in [-0.3, -0.25) is 4.68 Å². The van der Waals surface area contributed by atoms with Crippen LogP contribution in [0.4, 0.5) is 11.4 Å². The Labute approximate surface area is 106 Å². The Hall–Kier alpha value is -2.48. The normalized spacial score (nSPS) is 10.0. The van der Waals surface area contributed by atoms with Gasteiger partial charge in [-0.2, -0.15) is 10.4 Å². The van der Waals surface area contributed by atoms with Crippen molar-refractivity contribution in [3.8, 4) is 6.07 Å². The van der Waals surface area contributed by atoms with Crippen LogP contribution in [0.3, 0.4) is 0 Å². The molecule has 92 valence electrons. The molecule has 0 saturated carbocycles. The van der Waals surface area contributed by atoms with E-state index in [-0.39, 0.29) is 0 Å². The molecule has 0 aliphatic rings. The van der Waals surface area contributed by atoms with Gasteiger partial charge >= 0.3 is 0 Å². The van der Waals surface area contributed by atoms with E-state index in [4.69, 9.17) is 11.0 Å². The summed E-state index contributed by atoms with van der Waals surface area (Å²) in [6, 6.07) is 7.42. The predicted octanol–water partition coefficient (Wildman–Crippen LogP) is 1.53. The molecule has 0 radical (unpaired) electrons. The fraction of sp³-hybridized carbons (Fsp3) is 0.231. The van der Waals surface area contributed by atoms with Crippen molar-refractivity contribution >= 4 is 11.4 Å². The first-order chi connectivity index (χ1) is 8.69. The summed E-state index contributed by atoms with van der Waals surface area (Å²) in [5.74, 6) is 0. The van der Waals surface area contributed by atoms with E-state index in [1.807, 2.05) is 25.5 Å². The highest BCUT2D eigenvalue weighted by Gasteiger charge is 2.02. The van der Waals surface area contributed by atoms with Crippen LogP contribution >= 0.6 is 0 Å². The van der Waals surface area contributed by atoms with Gasteiger partial charge < -0.3 is 11.1 Å². The number of nitrogens with one attached hydrogen (secondary N) is 1. The van der Waals surface area contributed by atoms with E-state index in [0.717, 1.165) is 18.7 Å². The molecule has 5 nitrogen and oxygen atoms in total. The molecule has 0 saturated heterocycles. The van der Waals surface area contributed by atoms with Gasteiger partial charge in [0.2, 0.25) is 0 Å². The van der Waals surface area contributed by atoms with Crippen molar-refractivity contribution in [1.29, 1.82) is 5.26 Å². The number of nitrogens with zero attached hydrogens (tertiary/aromatic N) is 3. The fourth-order valence-electron chi connectivity index (χ4n) is 1.75. The van der Waals surface area contributed by atoms with E-state index in [9.17, 15) is 0 Å². The highest BCUT2D eigenvalue weighted by atomic mass is 15.2. The van der Waals surface area contributed by atoms with Crippen molar-refractivity contribution < 1.29 is 0 Å². The maximum Gasteiger partial charge on any atom is 0.101 e. The summed E-state index contributed by atoms with van der Waals surface area (Å²) in [6.07, 6.45) is 4.69. The Kier molecular flexibility index (Phi) is 3.49. The average molecular weight is 241 g/mol. The number of nitrogen functional groups attached to an aromatic ring is 1. The molecule has 1 aromatic carbocycles. The molecule has 5 heteroatoms. The number of hydrogen-bond acceptors (Lipinski definition) is 4. The molecule has 0 aliphatic carbocycles. The molecule has 0 amide bonds. The molecule has 0 atom stereocenters. The zero-order chi connectivity index (χ0) is 13.0. The van der Waals surface area contributed by atoms with Crippen molar-refractivity contribution in [3.63, 3.8) is 0 Å². The second-order valence-electron chi connectivity index (χ2n) is 4.12. The predicted molar refractivity (Wildman–Crippen MR) is 71.0 cm³/mol. The highest BCUT2D eigenvalue weighted by Crippen LogP contribution is 2.17. The third-order valence-electron chi connectivity index (χ3n) is 2.65. The number of hydrogen-bond donors (Lipinski definition) is 2. The molecular formula is C13H15N5. The second kappa shape index (κ2) is 5.23. The Balaban J connectivity index is 1.96. The van der Waals surface area contributed by atoms with Crippen LogP contribution in [0.15, 0.2) is 30.6 Å². The van der Waals surface area contributed by atoms with Gasteiger partial charge in [0.25, 0.3) is 0 Å². The van der Waals surface area contributed by atoms with E-state index < -0.39 is 0 Å². The number of rotatable bonds is 4. The topological polar surface area (TPSA) is 79.7 Å². The summed E-state index contributed by atoms with van der Waals surface area (Å²) in [5.41, 5.74) is 8.79. The van der Waals surface area contributed by atoms with Gasteiger partial charge in [-0.25, -0.2) is 0 Å². The van der Waals surface area contributed by atoms with Crippen LogP contribution in [0.25, 0.3) is 0 Å². The molecule has 2 rings (SSSR count). The number of nitrogens with two attached hydrogens (primary N) is 1. The molecular weight excluding hydrogens is 226 g/mol. The lowest BCUT2D eigenvalue weighted by atomic mass is 10.1. The fourth-order valence-corrected chi connectivity index (χ4v) is 1.75. The molecule has 1 heterocycles. The lowest BCUT2D eigenvalue weighted by Gasteiger charge is -2.07. The van der Waals surface area contributed by atoms with Gasteiger partial charge in [0.1, 0.15) is 6.07 Å². The van der Waals surface area contributed by atoms with Crippen molar-refractivity contribution in [2.24, 2.45) is 7.05 Å². The number of aromatic nitrogens is 2. The molecule has 2 aromatic rings. The first-order valence-electron chi connectivity index (χ1n) is 5.70. The average Bonchev–Trinajstić information content (AvgIpc) is 2.77. The Bertz CT molecular complexity index is 579. The number of anilines is 2. The van der Waals surface area contributed by atoms with E-state index in [0.29, 0.717) is 11.3 Å². The second-order valence-corrected chi connectivity index (χ2v) is 4.12. The Morgan fingerprint density at radius 3 is 3.00 bits per heavy atom. The third-order valence-corrected chi connectivity index (χ3v) is 2.65. The van der Waals surface area contributed by atoms with Crippen LogP contribution in [0, 0.1) is 11.3 Å². The minimum atomic E-state index is 0.571. The van der Waals surface area contributed by atoms with Gasteiger partial charge in [0.15, 0.2) is 0 Å². The highest BCUT2D eigenvalue weighted by molar-refractivity contribution is 5.62. The lowest BCUT2D eigenvalue weighted by Crippen LogP contribution is -2.06. The molecule has 0 unspecified atom stereocenters. The van der Waals surface area contributed by atoms with Crippen LogP contribution < -0.4 is 11.1 Å². The minimum absolute atomic E-state index is 0.571. The SMILES string of the molecule is Cn1cc(CCNc2ccc(N)cc2C#N)cn1. The molecule has 1 aromatic heterocycles. The molecule has 3 N–H and O–H groups in total. The van der Waals surface area contributed by atoms with E-state index >= 15 is 0 Å². The number of aryl methyl sites for hydroxylation is 1. The largest absolute Gasteiger partial charge is 0.399 e. The van der Waals surface area contributed by atoms with Crippen molar-refractivity contribution in [2.75, 3.05) is 17.6 Å². The standard InChI is InChI=1S/C13H15N5/c1-18-9-10(8-17-18)4-5-16-13-3-2-12(15)6-11(13)7-14/h2-3,6,8-9,16H,4-5,15H2,1H3. The van der Waals surface area contributed by atoms with Crippen molar-refractivity contribution in [2.45, 2.75) is 6.42 Å². The van der Waals surface area contributed by atoms with Crippen LogP contribution in [-0.2, 0) is 13.5 Å². The maximum absolute atomic E-state index is 9.00.